The second kappa shape index (κ2) is 6.55. The van der Waals surface area contributed by atoms with Gasteiger partial charge in [0.25, 0.3) is 0 Å². The Balaban J connectivity index is 2.03. The van der Waals surface area contributed by atoms with Gasteiger partial charge in [-0.3, -0.25) is 4.79 Å². The molecule has 1 aliphatic heterocycles. The Morgan fingerprint density at radius 3 is 3.00 bits per heavy atom. The van der Waals surface area contributed by atoms with E-state index in [0.717, 1.165) is 37.3 Å². The molecule has 1 heterocycles. The Labute approximate surface area is 88.8 Å². The average Bonchev–Trinajstić information content (AvgIpc) is 2.65. The third-order valence-corrected chi connectivity index (χ3v) is 3.59. The molecule has 0 aromatic carbocycles. The second-order valence-electron chi connectivity index (χ2n) is 3.25. The molecule has 1 atom stereocenters. The molecule has 2 nitrogen and oxygen atoms in total. The standard InChI is InChI=1S/C9H16ClNOS/c10-4-1-2-5-11-9(12)8-3-6-13-7-8/h8H,1-7H2,(H,11,12). The van der Waals surface area contributed by atoms with Crippen molar-refractivity contribution in [2.45, 2.75) is 19.3 Å². The van der Waals surface area contributed by atoms with Gasteiger partial charge in [0.15, 0.2) is 0 Å². The zero-order valence-corrected chi connectivity index (χ0v) is 9.29. The Morgan fingerprint density at radius 1 is 1.54 bits per heavy atom. The number of amides is 1. The van der Waals surface area contributed by atoms with Crippen molar-refractivity contribution < 1.29 is 4.79 Å². The number of halogens is 1. The van der Waals surface area contributed by atoms with Crippen molar-refractivity contribution in [1.82, 2.24) is 5.32 Å². The number of nitrogens with one attached hydrogen (secondary N) is 1. The summed E-state index contributed by atoms with van der Waals surface area (Å²) in [5.41, 5.74) is 0. The summed E-state index contributed by atoms with van der Waals surface area (Å²) in [6, 6.07) is 0. The van der Waals surface area contributed by atoms with E-state index in [-0.39, 0.29) is 11.8 Å². The maximum Gasteiger partial charge on any atom is 0.223 e. The van der Waals surface area contributed by atoms with Gasteiger partial charge in [0.1, 0.15) is 0 Å². The molecular formula is C9H16ClNOS. The number of hydrogen-bond donors (Lipinski definition) is 1. The molecule has 0 radical (unpaired) electrons. The third kappa shape index (κ3) is 4.23. The van der Waals surface area contributed by atoms with Crippen molar-refractivity contribution >= 4 is 29.3 Å². The van der Waals surface area contributed by atoms with Gasteiger partial charge in [0, 0.05) is 24.1 Å². The SMILES string of the molecule is O=C(NCCCCCl)C1CCSC1. The lowest BCUT2D eigenvalue weighted by atomic mass is 10.1. The van der Waals surface area contributed by atoms with Gasteiger partial charge in [-0.1, -0.05) is 0 Å². The van der Waals surface area contributed by atoms with Crippen LogP contribution in [0, 0.1) is 5.92 Å². The summed E-state index contributed by atoms with van der Waals surface area (Å²) < 4.78 is 0. The monoisotopic (exact) mass is 221 g/mol. The summed E-state index contributed by atoms with van der Waals surface area (Å²) in [7, 11) is 0. The highest BCUT2D eigenvalue weighted by Crippen LogP contribution is 2.23. The fourth-order valence-corrected chi connectivity index (χ4v) is 2.73. The van der Waals surface area contributed by atoms with Crippen molar-refractivity contribution in [2.75, 3.05) is 23.9 Å². The van der Waals surface area contributed by atoms with E-state index in [1.165, 1.54) is 0 Å². The van der Waals surface area contributed by atoms with Crippen LogP contribution in [0.1, 0.15) is 19.3 Å². The summed E-state index contributed by atoms with van der Waals surface area (Å²) in [6.07, 6.45) is 3.03. The van der Waals surface area contributed by atoms with Crippen LogP contribution in [0.3, 0.4) is 0 Å². The molecule has 0 spiro atoms. The average molecular weight is 222 g/mol. The van der Waals surface area contributed by atoms with Crippen LogP contribution in [0.2, 0.25) is 0 Å². The van der Waals surface area contributed by atoms with Crippen molar-refractivity contribution in [2.24, 2.45) is 5.92 Å². The van der Waals surface area contributed by atoms with Gasteiger partial charge < -0.3 is 5.32 Å². The van der Waals surface area contributed by atoms with Crippen LogP contribution in [0.15, 0.2) is 0 Å². The predicted molar refractivity (Wildman–Crippen MR) is 58.4 cm³/mol. The van der Waals surface area contributed by atoms with E-state index in [4.69, 9.17) is 11.6 Å². The number of hydrogen-bond acceptors (Lipinski definition) is 2. The quantitative estimate of drug-likeness (QED) is 0.568. The van der Waals surface area contributed by atoms with Crippen LogP contribution in [-0.4, -0.2) is 29.8 Å². The minimum absolute atomic E-state index is 0.236. The van der Waals surface area contributed by atoms with Gasteiger partial charge in [-0.05, 0) is 25.0 Å². The summed E-state index contributed by atoms with van der Waals surface area (Å²) >= 11 is 7.40. The molecule has 76 valence electrons. The summed E-state index contributed by atoms with van der Waals surface area (Å²) in [6.45, 7) is 0.784. The first-order chi connectivity index (χ1) is 6.34. The van der Waals surface area contributed by atoms with Crippen LogP contribution in [0.25, 0.3) is 0 Å². The smallest absolute Gasteiger partial charge is 0.223 e. The summed E-state index contributed by atoms with van der Waals surface area (Å²) in [4.78, 5) is 11.5. The highest BCUT2D eigenvalue weighted by molar-refractivity contribution is 7.99. The number of alkyl halides is 1. The molecule has 0 saturated carbocycles. The van der Waals surface area contributed by atoms with E-state index >= 15 is 0 Å². The molecule has 13 heavy (non-hydrogen) atoms. The summed E-state index contributed by atoms with van der Waals surface area (Å²) in [5, 5.41) is 2.95. The first-order valence-electron chi connectivity index (χ1n) is 4.76. The van der Waals surface area contributed by atoms with Crippen molar-refractivity contribution in [3.8, 4) is 0 Å². The lowest BCUT2D eigenvalue weighted by molar-refractivity contribution is -0.124. The molecule has 1 aliphatic rings. The van der Waals surface area contributed by atoms with Crippen LogP contribution in [0.4, 0.5) is 0 Å². The molecule has 1 amide bonds. The van der Waals surface area contributed by atoms with Gasteiger partial charge in [-0.2, -0.15) is 11.8 Å². The number of unbranched alkanes of at least 4 members (excludes halogenated alkanes) is 1. The number of thioether (sulfide) groups is 1. The molecule has 1 unspecified atom stereocenters. The maximum absolute atomic E-state index is 11.5. The van der Waals surface area contributed by atoms with E-state index in [1.54, 1.807) is 0 Å². The first-order valence-corrected chi connectivity index (χ1v) is 6.45. The molecule has 0 aliphatic carbocycles. The topological polar surface area (TPSA) is 29.1 Å². The molecule has 0 aromatic heterocycles. The molecule has 1 fully saturated rings. The van der Waals surface area contributed by atoms with E-state index in [1.807, 2.05) is 11.8 Å². The Morgan fingerprint density at radius 2 is 2.38 bits per heavy atom. The molecule has 1 rings (SSSR count). The minimum atomic E-state index is 0.236. The molecular weight excluding hydrogens is 206 g/mol. The van der Waals surface area contributed by atoms with Gasteiger partial charge in [0.05, 0.1) is 0 Å². The Bertz CT molecular complexity index is 160. The molecule has 1 saturated heterocycles. The zero-order valence-electron chi connectivity index (χ0n) is 7.72. The molecule has 1 N–H and O–H groups in total. The highest BCUT2D eigenvalue weighted by Gasteiger charge is 2.22. The van der Waals surface area contributed by atoms with Crippen LogP contribution >= 0.6 is 23.4 Å². The van der Waals surface area contributed by atoms with Crippen molar-refractivity contribution in [3.05, 3.63) is 0 Å². The van der Waals surface area contributed by atoms with E-state index in [0.29, 0.717) is 5.88 Å². The fourth-order valence-electron chi connectivity index (χ4n) is 1.32. The normalized spacial score (nSPS) is 21.8. The number of carbonyl (C=O) groups is 1. The van der Waals surface area contributed by atoms with Crippen LogP contribution < -0.4 is 5.32 Å². The second-order valence-corrected chi connectivity index (χ2v) is 4.78. The van der Waals surface area contributed by atoms with Gasteiger partial charge in [-0.25, -0.2) is 0 Å². The number of rotatable bonds is 5. The van der Waals surface area contributed by atoms with Crippen molar-refractivity contribution in [3.63, 3.8) is 0 Å². The maximum atomic E-state index is 11.5. The predicted octanol–water partition coefficient (Wildman–Crippen LogP) is 1.87. The number of carbonyl (C=O) groups excluding carboxylic acids is 1. The Hall–Kier alpha value is 0.110. The van der Waals surface area contributed by atoms with Crippen LogP contribution in [-0.2, 0) is 4.79 Å². The lowest BCUT2D eigenvalue weighted by Crippen LogP contribution is -2.31. The lowest BCUT2D eigenvalue weighted by Gasteiger charge is -2.08. The van der Waals surface area contributed by atoms with Gasteiger partial charge >= 0.3 is 0 Å². The fraction of sp³-hybridized carbons (Fsp3) is 0.889. The third-order valence-electron chi connectivity index (χ3n) is 2.16. The zero-order chi connectivity index (χ0) is 9.52. The van der Waals surface area contributed by atoms with E-state index < -0.39 is 0 Å². The van der Waals surface area contributed by atoms with Gasteiger partial charge in [-0.15, -0.1) is 11.6 Å². The largest absolute Gasteiger partial charge is 0.356 e. The highest BCUT2D eigenvalue weighted by atomic mass is 35.5. The minimum Gasteiger partial charge on any atom is -0.356 e. The molecule has 4 heteroatoms. The summed E-state index contributed by atoms with van der Waals surface area (Å²) in [5.74, 6) is 3.33. The first kappa shape index (κ1) is 11.2. The Kier molecular flexibility index (Phi) is 5.63. The van der Waals surface area contributed by atoms with Crippen molar-refractivity contribution in [1.29, 1.82) is 0 Å². The molecule has 0 aromatic rings. The molecule has 0 bridgehead atoms. The van der Waals surface area contributed by atoms with E-state index in [2.05, 4.69) is 5.32 Å². The van der Waals surface area contributed by atoms with E-state index in [9.17, 15) is 4.79 Å². The van der Waals surface area contributed by atoms with Gasteiger partial charge in [0.2, 0.25) is 5.91 Å². The van der Waals surface area contributed by atoms with Crippen LogP contribution in [0.5, 0.6) is 0 Å².